The first-order valence-corrected chi connectivity index (χ1v) is 8.82. The first-order valence-electron chi connectivity index (χ1n) is 7.33. The first kappa shape index (κ1) is 19.3. The topological polar surface area (TPSA) is 84.3 Å². The molecule has 1 amide bonds. The Morgan fingerprint density at radius 2 is 1.72 bits per heavy atom. The van der Waals surface area contributed by atoms with Crippen molar-refractivity contribution >= 4 is 57.2 Å². The highest BCUT2D eigenvalue weighted by Crippen LogP contribution is 2.22. The number of hydrogen-bond acceptors (Lipinski definition) is 4. The normalized spacial score (nSPS) is 10.2. The third-order valence-electron chi connectivity index (χ3n) is 3.59. The summed E-state index contributed by atoms with van der Waals surface area (Å²) in [7, 11) is 0. The zero-order valence-corrected chi connectivity index (χ0v) is 16.8. The lowest BCUT2D eigenvalue weighted by Gasteiger charge is -2.12. The van der Waals surface area contributed by atoms with Gasteiger partial charge in [-0.1, -0.05) is 6.07 Å². The summed E-state index contributed by atoms with van der Waals surface area (Å²) >= 11 is 7.44. The zero-order valence-electron chi connectivity index (χ0n) is 13.8. The minimum absolute atomic E-state index is 0.101. The Morgan fingerprint density at radius 3 is 2.28 bits per heavy atom. The van der Waals surface area contributed by atoms with Crippen LogP contribution in [0.15, 0.2) is 30.3 Å². The second-order valence-electron chi connectivity index (χ2n) is 5.59. The van der Waals surface area contributed by atoms with Crippen LogP contribution in [-0.2, 0) is 0 Å². The number of aryl methyl sites for hydroxylation is 3. The summed E-state index contributed by atoms with van der Waals surface area (Å²) in [6.07, 6.45) is 0. The van der Waals surface area contributed by atoms with Gasteiger partial charge in [0.2, 0.25) is 0 Å². The van der Waals surface area contributed by atoms with Gasteiger partial charge in [0.05, 0.1) is 4.92 Å². The van der Waals surface area contributed by atoms with Crippen molar-refractivity contribution in [3.8, 4) is 0 Å². The number of hydrogen-bond donors (Lipinski definition) is 2. The summed E-state index contributed by atoms with van der Waals surface area (Å²) in [5.41, 5.74) is 3.55. The summed E-state index contributed by atoms with van der Waals surface area (Å²) in [6, 6.07) is 8.18. The Morgan fingerprint density at radius 1 is 1.12 bits per heavy atom. The summed E-state index contributed by atoms with van der Waals surface area (Å²) in [5, 5.41) is 16.6. The van der Waals surface area contributed by atoms with E-state index in [0.29, 0.717) is 5.56 Å². The quantitative estimate of drug-likeness (QED) is 0.304. The number of nitro benzene ring substituents is 1. The lowest BCUT2D eigenvalue weighted by molar-refractivity contribution is -0.385. The predicted octanol–water partition coefficient (Wildman–Crippen LogP) is 4.25. The maximum Gasteiger partial charge on any atom is 0.273 e. The van der Waals surface area contributed by atoms with E-state index in [1.54, 1.807) is 6.92 Å². The van der Waals surface area contributed by atoms with Gasteiger partial charge in [0.25, 0.3) is 11.6 Å². The fraction of sp³-hybridized carbons (Fsp3) is 0.176. The molecule has 6 nitrogen and oxygen atoms in total. The minimum Gasteiger partial charge on any atom is -0.332 e. The van der Waals surface area contributed by atoms with Gasteiger partial charge < -0.3 is 5.32 Å². The lowest BCUT2D eigenvalue weighted by atomic mass is 10.1. The summed E-state index contributed by atoms with van der Waals surface area (Å²) < 4.78 is 1.17. The molecule has 0 aromatic heterocycles. The van der Waals surface area contributed by atoms with Crippen LogP contribution < -0.4 is 10.6 Å². The molecular formula is C17H16IN3O3S. The molecule has 8 heteroatoms. The van der Waals surface area contributed by atoms with Crippen molar-refractivity contribution < 1.29 is 9.72 Å². The highest BCUT2D eigenvalue weighted by molar-refractivity contribution is 14.1. The standard InChI is InChI=1S/C17H16IN3O3S/c1-9-4-5-12(8-14(9)21(23)24)16(22)20-17(25)19-13-6-10(2)15(18)11(3)7-13/h4-8H,1-3H3,(H2,19,20,22,25). The molecule has 0 atom stereocenters. The molecule has 2 aromatic rings. The molecule has 0 aliphatic rings. The number of thiocarbonyl (C=S) groups is 1. The molecule has 130 valence electrons. The molecule has 0 heterocycles. The molecule has 0 spiro atoms. The number of nitrogens with zero attached hydrogens (tertiary/aromatic N) is 1. The number of anilines is 1. The van der Waals surface area contributed by atoms with Gasteiger partial charge >= 0.3 is 0 Å². The van der Waals surface area contributed by atoms with Gasteiger partial charge in [-0.3, -0.25) is 20.2 Å². The Balaban J connectivity index is 2.12. The first-order chi connectivity index (χ1) is 11.7. The van der Waals surface area contributed by atoms with Crippen LogP contribution in [-0.4, -0.2) is 15.9 Å². The minimum atomic E-state index is -0.514. The van der Waals surface area contributed by atoms with Crippen LogP contribution in [0, 0.1) is 34.5 Å². The van der Waals surface area contributed by atoms with Crippen LogP contribution in [0.4, 0.5) is 11.4 Å². The largest absolute Gasteiger partial charge is 0.332 e. The average molecular weight is 469 g/mol. The van der Waals surface area contributed by atoms with Crippen LogP contribution in [0.2, 0.25) is 0 Å². The molecule has 0 unspecified atom stereocenters. The Labute approximate surface area is 164 Å². The van der Waals surface area contributed by atoms with Gasteiger partial charge in [-0.15, -0.1) is 0 Å². The molecule has 25 heavy (non-hydrogen) atoms. The molecule has 0 fully saturated rings. The number of carbonyl (C=O) groups is 1. The molecule has 2 N–H and O–H groups in total. The van der Waals surface area contributed by atoms with E-state index in [2.05, 4.69) is 33.2 Å². The van der Waals surface area contributed by atoms with Crippen LogP contribution in [0.1, 0.15) is 27.0 Å². The summed E-state index contributed by atoms with van der Waals surface area (Å²) in [4.78, 5) is 22.7. The van der Waals surface area contributed by atoms with Crippen molar-refractivity contribution in [2.75, 3.05) is 5.32 Å². The fourth-order valence-corrected chi connectivity index (χ4v) is 2.82. The Hall–Kier alpha value is -2.07. The van der Waals surface area contributed by atoms with E-state index in [9.17, 15) is 14.9 Å². The zero-order chi connectivity index (χ0) is 18.7. The fourth-order valence-electron chi connectivity index (χ4n) is 2.30. The van der Waals surface area contributed by atoms with Gasteiger partial charge in [0.15, 0.2) is 5.11 Å². The summed E-state index contributed by atoms with van der Waals surface area (Å²) in [6.45, 7) is 5.60. The molecule has 0 saturated carbocycles. The number of benzene rings is 2. The van der Waals surface area contributed by atoms with E-state index >= 15 is 0 Å². The molecule has 0 saturated heterocycles. The third kappa shape index (κ3) is 4.73. The maximum absolute atomic E-state index is 12.3. The number of halogens is 1. The molecule has 0 aliphatic carbocycles. The number of carbonyl (C=O) groups excluding carboxylic acids is 1. The SMILES string of the molecule is Cc1ccc(C(=O)NC(=S)Nc2cc(C)c(I)c(C)c2)cc1[N+](=O)[O-]. The van der Waals surface area contributed by atoms with Crippen molar-refractivity contribution in [1.29, 1.82) is 0 Å². The average Bonchev–Trinajstić information content (AvgIpc) is 2.52. The second kappa shape index (κ2) is 7.87. The van der Waals surface area contributed by atoms with Crippen LogP contribution in [0.25, 0.3) is 0 Å². The smallest absolute Gasteiger partial charge is 0.273 e. The van der Waals surface area contributed by atoms with Gasteiger partial charge in [-0.2, -0.15) is 0 Å². The van der Waals surface area contributed by atoms with Gasteiger partial charge in [0.1, 0.15) is 0 Å². The van der Waals surface area contributed by atoms with Crippen molar-refractivity contribution in [3.05, 3.63) is 66.3 Å². The van der Waals surface area contributed by atoms with E-state index < -0.39 is 10.8 Å². The predicted molar refractivity (Wildman–Crippen MR) is 110 cm³/mol. The van der Waals surface area contributed by atoms with Gasteiger partial charge in [-0.05, 0) is 84.9 Å². The van der Waals surface area contributed by atoms with Crippen molar-refractivity contribution in [1.82, 2.24) is 5.32 Å². The highest BCUT2D eigenvalue weighted by atomic mass is 127. The van der Waals surface area contributed by atoms with E-state index in [0.717, 1.165) is 16.8 Å². The van der Waals surface area contributed by atoms with E-state index in [-0.39, 0.29) is 16.4 Å². The number of amides is 1. The Kier molecular flexibility index (Phi) is 6.07. The van der Waals surface area contributed by atoms with Crippen molar-refractivity contribution in [2.24, 2.45) is 0 Å². The van der Waals surface area contributed by atoms with Gasteiger partial charge in [0, 0.05) is 26.5 Å². The van der Waals surface area contributed by atoms with Crippen LogP contribution in [0.5, 0.6) is 0 Å². The van der Waals surface area contributed by atoms with E-state index in [1.165, 1.54) is 21.8 Å². The van der Waals surface area contributed by atoms with Crippen molar-refractivity contribution in [3.63, 3.8) is 0 Å². The number of nitro groups is 1. The van der Waals surface area contributed by atoms with E-state index in [1.807, 2.05) is 26.0 Å². The molecular weight excluding hydrogens is 453 g/mol. The van der Waals surface area contributed by atoms with Crippen molar-refractivity contribution in [2.45, 2.75) is 20.8 Å². The van der Waals surface area contributed by atoms with E-state index in [4.69, 9.17) is 12.2 Å². The molecule has 2 rings (SSSR count). The molecule has 0 radical (unpaired) electrons. The maximum atomic E-state index is 12.3. The number of nitrogens with one attached hydrogen (secondary N) is 2. The molecule has 0 bridgehead atoms. The number of rotatable bonds is 3. The van der Waals surface area contributed by atoms with Crippen LogP contribution >= 0.6 is 34.8 Å². The third-order valence-corrected chi connectivity index (χ3v) is 5.50. The lowest BCUT2D eigenvalue weighted by Crippen LogP contribution is -2.34. The highest BCUT2D eigenvalue weighted by Gasteiger charge is 2.16. The second-order valence-corrected chi connectivity index (χ2v) is 7.08. The summed E-state index contributed by atoms with van der Waals surface area (Å²) in [5.74, 6) is -0.500. The van der Waals surface area contributed by atoms with Gasteiger partial charge in [-0.25, -0.2) is 0 Å². The molecule has 0 aliphatic heterocycles. The Bertz CT molecular complexity index is 860. The van der Waals surface area contributed by atoms with Crippen LogP contribution in [0.3, 0.4) is 0 Å². The monoisotopic (exact) mass is 469 g/mol. The molecule has 2 aromatic carbocycles.